The molecule has 0 bridgehead atoms. The molecule has 6 aromatic rings. The van der Waals surface area contributed by atoms with E-state index in [0.29, 0.717) is 47.7 Å². The van der Waals surface area contributed by atoms with Crippen molar-refractivity contribution < 1.29 is 47.6 Å². The van der Waals surface area contributed by atoms with Gasteiger partial charge in [-0.05, 0) is 85.5 Å². The van der Waals surface area contributed by atoms with Gasteiger partial charge in [0.1, 0.15) is 5.52 Å². The van der Waals surface area contributed by atoms with Crippen molar-refractivity contribution in [2.24, 2.45) is 5.92 Å². The number of hydrogen-bond donors (Lipinski definition) is 1. The monoisotopic (exact) mass is 981 g/mol. The van der Waals surface area contributed by atoms with E-state index >= 15 is 0 Å². The second kappa shape index (κ2) is 19.2. The van der Waals surface area contributed by atoms with Crippen molar-refractivity contribution in [3.63, 3.8) is 0 Å². The van der Waals surface area contributed by atoms with Crippen molar-refractivity contribution in [2.45, 2.75) is 142 Å². The van der Waals surface area contributed by atoms with E-state index in [0.717, 1.165) is 25.7 Å². The molecule has 360 valence electrons. The van der Waals surface area contributed by atoms with E-state index < -0.39 is 73.0 Å². The van der Waals surface area contributed by atoms with Gasteiger partial charge in [-0.1, -0.05) is 0 Å². The van der Waals surface area contributed by atoms with Gasteiger partial charge in [-0.3, -0.25) is 28.3 Å². The first-order valence-corrected chi connectivity index (χ1v) is 22.5. The van der Waals surface area contributed by atoms with E-state index in [9.17, 15) is 19.2 Å². The second-order valence-corrected chi connectivity index (χ2v) is 17.0. The minimum atomic E-state index is -1.16. The summed E-state index contributed by atoms with van der Waals surface area (Å²) in [7, 11) is 0. The number of imidazole rings is 2. The average molecular weight is 983 g/mol. The number of carbonyl (C=O) groups excluding carboxylic acids is 4. The lowest BCUT2D eigenvalue weighted by atomic mass is 9.83. The van der Waals surface area contributed by atoms with Gasteiger partial charge < -0.3 is 33.7 Å². The quantitative estimate of drug-likeness (QED) is 0.0931. The topological polar surface area (TPSA) is 310 Å². The number of nitrogens with one attached hydrogen (secondary N) is 1. The molecular formula is C39H45Cl2N17O10. The standard InChI is InChI=1S/C39H45Cl2N17O10/c1-7-57-51-32(49-53-57)27-25(63-16(3)59)29(65-18(5)61)36(67-27)55-14-42-23-22(45-38(40)47-34(23)55)13-20-9-11-21(12-10-20)44-31-24-35(48-39(41)46-31)56(15-43-24)37-30(66-19(6)62)26(64-17(4)60)28(68-37)33-50-54-58(8-2)52-33/h14-15,20-21,25-30,36-37H,7-13H2,1-6H3,(H,44,46,48)/t20?,21?,25-,26-,27+,28+,29?,30-,36?,37?/m1/s1. The minimum Gasteiger partial charge on any atom is -0.455 e. The zero-order valence-corrected chi connectivity index (χ0v) is 38.9. The van der Waals surface area contributed by atoms with E-state index in [1.807, 2.05) is 13.8 Å². The summed E-state index contributed by atoms with van der Waals surface area (Å²) in [6.07, 6.45) is -2.38. The van der Waals surface area contributed by atoms with E-state index in [4.69, 9.17) is 51.6 Å². The predicted octanol–water partition coefficient (Wildman–Crippen LogP) is 2.77. The summed E-state index contributed by atoms with van der Waals surface area (Å²) in [6.45, 7) is 9.45. The predicted molar refractivity (Wildman–Crippen MR) is 229 cm³/mol. The molecule has 2 aliphatic heterocycles. The molecule has 3 aliphatic rings. The third-order valence-corrected chi connectivity index (χ3v) is 12.0. The molecule has 0 amide bonds. The number of rotatable bonds is 14. The first kappa shape index (κ1) is 46.5. The summed E-state index contributed by atoms with van der Waals surface area (Å²) in [6, 6.07) is -0.0375. The molecule has 3 fully saturated rings. The number of ether oxygens (including phenoxy) is 6. The molecule has 1 aliphatic carbocycles. The molecule has 27 nitrogen and oxygen atoms in total. The van der Waals surface area contributed by atoms with Gasteiger partial charge in [0.15, 0.2) is 71.7 Å². The average Bonchev–Trinajstić information content (AvgIpc) is 4.15. The Balaban J connectivity index is 0.921. The van der Waals surface area contributed by atoms with Crippen LogP contribution in [-0.4, -0.2) is 134 Å². The number of hydrogen-bond acceptors (Lipinski definition) is 23. The summed E-state index contributed by atoms with van der Waals surface area (Å²) in [5.74, 6) is -1.74. The Morgan fingerprint density at radius 1 is 0.647 bits per heavy atom. The summed E-state index contributed by atoms with van der Waals surface area (Å²) in [5.41, 5.74) is 2.02. The largest absolute Gasteiger partial charge is 0.455 e. The fourth-order valence-electron chi connectivity index (χ4n) is 8.85. The van der Waals surface area contributed by atoms with Gasteiger partial charge in [0.25, 0.3) is 0 Å². The van der Waals surface area contributed by atoms with Crippen LogP contribution in [0.5, 0.6) is 0 Å². The molecule has 68 heavy (non-hydrogen) atoms. The van der Waals surface area contributed by atoms with Gasteiger partial charge in [-0.25, -0.2) is 15.0 Å². The smallest absolute Gasteiger partial charge is 0.303 e. The third kappa shape index (κ3) is 9.33. The Labute approximate surface area is 394 Å². The van der Waals surface area contributed by atoms with E-state index in [-0.39, 0.29) is 39.8 Å². The molecule has 6 aromatic heterocycles. The van der Waals surface area contributed by atoms with Crippen molar-refractivity contribution in [1.82, 2.24) is 79.5 Å². The van der Waals surface area contributed by atoms with Crippen LogP contribution in [0.4, 0.5) is 5.82 Å². The fourth-order valence-corrected chi connectivity index (χ4v) is 9.20. The molecule has 1 N–H and O–H groups in total. The van der Waals surface area contributed by atoms with Gasteiger partial charge in [0.05, 0.1) is 31.4 Å². The Kier molecular flexibility index (Phi) is 13.1. The van der Waals surface area contributed by atoms with Crippen LogP contribution in [-0.2, 0) is 67.1 Å². The Morgan fingerprint density at radius 2 is 1.10 bits per heavy atom. The lowest BCUT2D eigenvalue weighted by Gasteiger charge is -2.29. The van der Waals surface area contributed by atoms with Crippen LogP contribution in [0.1, 0.15) is 109 Å². The number of aromatic nitrogens is 16. The number of esters is 4. The van der Waals surface area contributed by atoms with E-state index in [1.54, 1.807) is 4.57 Å². The maximum Gasteiger partial charge on any atom is 0.303 e. The number of fused-ring (bicyclic) bond motifs is 2. The summed E-state index contributed by atoms with van der Waals surface area (Å²) >= 11 is 13.1. The Bertz CT molecular complexity index is 2670. The van der Waals surface area contributed by atoms with Gasteiger partial charge >= 0.3 is 23.9 Å². The highest BCUT2D eigenvalue weighted by atomic mass is 35.5. The molecule has 0 aromatic carbocycles. The van der Waals surface area contributed by atoms with Gasteiger partial charge in [-0.2, -0.15) is 24.5 Å². The van der Waals surface area contributed by atoms with Crippen LogP contribution in [0.3, 0.4) is 0 Å². The zero-order chi connectivity index (χ0) is 48.0. The zero-order valence-electron chi connectivity index (χ0n) is 37.4. The molecule has 3 unspecified atom stereocenters. The van der Waals surface area contributed by atoms with Crippen LogP contribution in [0.15, 0.2) is 12.7 Å². The first-order valence-electron chi connectivity index (χ1n) is 21.8. The number of aryl methyl sites for hydroxylation is 2. The summed E-state index contributed by atoms with van der Waals surface area (Å²) in [5, 5.41) is 28.3. The number of tetrazole rings is 2. The number of anilines is 1. The minimum absolute atomic E-state index is 0.0306. The maximum absolute atomic E-state index is 12.4. The summed E-state index contributed by atoms with van der Waals surface area (Å²) in [4.78, 5) is 79.5. The fraction of sp³-hybridized carbons (Fsp3) is 0.590. The highest BCUT2D eigenvalue weighted by Gasteiger charge is 2.54. The first-order chi connectivity index (χ1) is 32.7. The van der Waals surface area contributed by atoms with Gasteiger partial charge in [0.2, 0.25) is 22.2 Å². The number of halogens is 2. The lowest BCUT2D eigenvalue weighted by molar-refractivity contribution is -0.165. The van der Waals surface area contributed by atoms with Crippen molar-refractivity contribution in [2.75, 3.05) is 5.32 Å². The van der Waals surface area contributed by atoms with Crippen molar-refractivity contribution in [3.05, 3.63) is 40.6 Å². The van der Waals surface area contributed by atoms with Gasteiger partial charge in [0, 0.05) is 33.7 Å². The molecular weight excluding hydrogens is 937 g/mol. The molecule has 2 saturated heterocycles. The lowest BCUT2D eigenvalue weighted by Crippen LogP contribution is -2.37. The van der Waals surface area contributed by atoms with Crippen LogP contribution >= 0.6 is 23.2 Å². The maximum atomic E-state index is 12.4. The molecule has 8 atom stereocenters. The van der Waals surface area contributed by atoms with Crippen LogP contribution in [0, 0.1) is 5.92 Å². The summed E-state index contributed by atoms with van der Waals surface area (Å²) < 4.78 is 38.6. The van der Waals surface area contributed by atoms with Crippen molar-refractivity contribution >= 4 is 75.2 Å². The van der Waals surface area contributed by atoms with Gasteiger partial charge in [-0.15, -0.1) is 20.4 Å². The van der Waals surface area contributed by atoms with Crippen molar-refractivity contribution in [1.29, 1.82) is 0 Å². The SMILES string of the molecule is CCn1nnc([C@H]2OC(n3cnc4c(NC5CCC(Cc6nc(Cl)nc7c6ncn7C6O[C@H](c7nnn(CC)n7)[C@@H](OC(C)=O)C6OC(C)=O)CC5)nc(Cl)nc43)[C@H](OC(C)=O)[C@@H]2OC(C)=O)n1. The molecule has 1 saturated carbocycles. The number of carbonyl (C=O) groups is 4. The van der Waals surface area contributed by atoms with E-state index in [2.05, 4.69) is 66.0 Å². The molecule has 8 heterocycles. The molecule has 0 radical (unpaired) electrons. The van der Waals surface area contributed by atoms with E-state index in [1.165, 1.54) is 54.5 Å². The highest BCUT2D eigenvalue weighted by molar-refractivity contribution is 6.29. The molecule has 0 spiro atoms. The Hall–Kier alpha value is -6.58. The van der Waals surface area contributed by atoms with Crippen LogP contribution in [0.25, 0.3) is 22.3 Å². The van der Waals surface area contributed by atoms with Crippen LogP contribution in [0.2, 0.25) is 10.6 Å². The molecule has 29 heteroatoms. The third-order valence-electron chi connectivity index (χ3n) is 11.7. The number of nitrogens with zero attached hydrogens (tertiary/aromatic N) is 16. The van der Waals surface area contributed by atoms with Crippen molar-refractivity contribution in [3.8, 4) is 0 Å². The highest BCUT2D eigenvalue weighted by Crippen LogP contribution is 2.44. The van der Waals surface area contributed by atoms with Crippen LogP contribution < -0.4 is 5.32 Å². The Morgan fingerprint density at radius 3 is 1.57 bits per heavy atom. The second-order valence-electron chi connectivity index (χ2n) is 16.4. The molecule has 9 rings (SSSR count). The normalized spacial score (nSPS) is 26.0.